The first-order chi connectivity index (χ1) is 11.6. The minimum absolute atomic E-state index is 0.200. The summed E-state index contributed by atoms with van der Waals surface area (Å²) in [6, 6.07) is 9.39. The average Bonchev–Trinajstić information content (AvgIpc) is 2.58. The molecule has 0 aromatic heterocycles. The minimum atomic E-state index is -0.391. The van der Waals surface area contributed by atoms with Crippen molar-refractivity contribution in [2.75, 3.05) is 26.6 Å². The number of methoxy groups -OCH3 is 3. The van der Waals surface area contributed by atoms with Gasteiger partial charge < -0.3 is 19.5 Å². The predicted molar refractivity (Wildman–Crippen MR) is 89.4 cm³/mol. The van der Waals surface area contributed by atoms with Gasteiger partial charge in [0.15, 0.2) is 11.5 Å². The molecule has 0 aliphatic rings. The molecule has 0 heterocycles. The number of nitrogens with one attached hydrogen (secondary N) is 1. The van der Waals surface area contributed by atoms with Crippen molar-refractivity contribution in [3.05, 3.63) is 47.8 Å². The lowest BCUT2D eigenvalue weighted by molar-refractivity contribution is -0.116. The number of rotatable bonds is 7. The highest BCUT2D eigenvalue weighted by atomic mass is 19.1. The molecule has 2 aromatic rings. The summed E-state index contributed by atoms with van der Waals surface area (Å²) < 4.78 is 29.0. The van der Waals surface area contributed by atoms with E-state index in [9.17, 15) is 9.18 Å². The summed E-state index contributed by atoms with van der Waals surface area (Å²) in [5.41, 5.74) is 1.31. The fraction of sp³-hybridized carbons (Fsp3) is 0.278. The third kappa shape index (κ3) is 4.38. The van der Waals surface area contributed by atoms with Gasteiger partial charge in [0.2, 0.25) is 11.7 Å². The number of benzene rings is 2. The largest absolute Gasteiger partial charge is 0.493 e. The summed E-state index contributed by atoms with van der Waals surface area (Å²) in [5.74, 6) is 0.995. The zero-order valence-corrected chi connectivity index (χ0v) is 13.9. The van der Waals surface area contributed by atoms with Gasteiger partial charge in [0, 0.05) is 12.1 Å². The van der Waals surface area contributed by atoms with Crippen LogP contribution in [-0.4, -0.2) is 27.2 Å². The smallest absolute Gasteiger partial charge is 0.224 e. The topological polar surface area (TPSA) is 56.8 Å². The number of aryl methyl sites for hydroxylation is 1. The molecule has 24 heavy (non-hydrogen) atoms. The van der Waals surface area contributed by atoms with E-state index in [1.165, 1.54) is 33.5 Å². The van der Waals surface area contributed by atoms with Crippen molar-refractivity contribution in [2.45, 2.75) is 12.8 Å². The monoisotopic (exact) mass is 333 g/mol. The van der Waals surface area contributed by atoms with Crippen molar-refractivity contribution in [1.82, 2.24) is 0 Å². The number of amides is 1. The number of hydrogen-bond donors (Lipinski definition) is 1. The van der Waals surface area contributed by atoms with Crippen LogP contribution in [0.4, 0.5) is 10.1 Å². The van der Waals surface area contributed by atoms with E-state index in [1.807, 2.05) is 0 Å². The summed E-state index contributed by atoms with van der Waals surface area (Å²) >= 11 is 0. The van der Waals surface area contributed by atoms with Crippen LogP contribution in [-0.2, 0) is 11.2 Å². The molecular weight excluding hydrogens is 313 g/mol. The predicted octanol–water partition coefficient (Wildman–Crippen LogP) is 3.42. The van der Waals surface area contributed by atoms with Gasteiger partial charge in [-0.15, -0.1) is 0 Å². The van der Waals surface area contributed by atoms with Crippen LogP contribution in [0.25, 0.3) is 0 Å². The number of carbonyl (C=O) groups is 1. The zero-order valence-electron chi connectivity index (χ0n) is 13.9. The Bertz CT molecular complexity index is 693. The molecule has 128 valence electrons. The van der Waals surface area contributed by atoms with E-state index in [1.54, 1.807) is 24.3 Å². The van der Waals surface area contributed by atoms with Gasteiger partial charge in [0.25, 0.3) is 0 Å². The van der Waals surface area contributed by atoms with Gasteiger partial charge in [0.1, 0.15) is 5.82 Å². The molecule has 0 spiro atoms. The number of anilines is 1. The van der Waals surface area contributed by atoms with E-state index in [-0.39, 0.29) is 12.3 Å². The maximum absolute atomic E-state index is 13.1. The molecule has 0 bridgehead atoms. The third-order valence-electron chi connectivity index (χ3n) is 3.47. The average molecular weight is 333 g/mol. The molecule has 0 aliphatic heterocycles. The Morgan fingerprint density at radius 3 is 2.25 bits per heavy atom. The quantitative estimate of drug-likeness (QED) is 0.843. The van der Waals surface area contributed by atoms with Gasteiger partial charge in [-0.2, -0.15) is 0 Å². The molecule has 0 saturated carbocycles. The molecule has 0 aliphatic carbocycles. The van der Waals surface area contributed by atoms with E-state index in [2.05, 4.69) is 5.32 Å². The van der Waals surface area contributed by atoms with Crippen molar-refractivity contribution in [3.63, 3.8) is 0 Å². The second kappa shape index (κ2) is 8.19. The Hall–Kier alpha value is -2.76. The molecule has 0 atom stereocenters. The van der Waals surface area contributed by atoms with Crippen molar-refractivity contribution in [2.24, 2.45) is 0 Å². The Kier molecular flexibility index (Phi) is 6.01. The highest BCUT2D eigenvalue weighted by Crippen LogP contribution is 2.38. The van der Waals surface area contributed by atoms with Crippen LogP contribution in [0.5, 0.6) is 17.2 Å². The lowest BCUT2D eigenvalue weighted by Gasteiger charge is -2.14. The van der Waals surface area contributed by atoms with Crippen molar-refractivity contribution >= 4 is 11.6 Å². The Balaban J connectivity index is 2.04. The maximum Gasteiger partial charge on any atom is 0.224 e. The van der Waals surface area contributed by atoms with E-state index >= 15 is 0 Å². The Morgan fingerprint density at radius 1 is 1.04 bits per heavy atom. The molecule has 0 saturated heterocycles. The minimum Gasteiger partial charge on any atom is -0.493 e. The van der Waals surface area contributed by atoms with Crippen molar-refractivity contribution in [3.8, 4) is 17.2 Å². The summed E-state index contributed by atoms with van der Waals surface area (Å²) in [4.78, 5) is 12.0. The summed E-state index contributed by atoms with van der Waals surface area (Å²) in [6.45, 7) is 0. The molecule has 1 N–H and O–H groups in total. The first-order valence-corrected chi connectivity index (χ1v) is 7.41. The third-order valence-corrected chi connectivity index (χ3v) is 3.47. The van der Waals surface area contributed by atoms with Crippen LogP contribution in [0.2, 0.25) is 0 Å². The van der Waals surface area contributed by atoms with Gasteiger partial charge >= 0.3 is 0 Å². The van der Waals surface area contributed by atoms with E-state index in [0.29, 0.717) is 29.4 Å². The van der Waals surface area contributed by atoms with Crippen LogP contribution in [0, 0.1) is 5.82 Å². The highest BCUT2D eigenvalue weighted by molar-refractivity contribution is 5.90. The number of hydrogen-bond acceptors (Lipinski definition) is 4. The van der Waals surface area contributed by atoms with Gasteiger partial charge in [-0.3, -0.25) is 4.79 Å². The second-order valence-corrected chi connectivity index (χ2v) is 5.09. The van der Waals surface area contributed by atoms with Crippen molar-refractivity contribution in [1.29, 1.82) is 0 Å². The molecule has 2 rings (SSSR count). The maximum atomic E-state index is 13.1. The number of ether oxygens (including phenoxy) is 3. The van der Waals surface area contributed by atoms with E-state index in [0.717, 1.165) is 5.56 Å². The molecule has 0 fully saturated rings. The fourth-order valence-electron chi connectivity index (χ4n) is 2.33. The van der Waals surface area contributed by atoms with Crippen LogP contribution >= 0.6 is 0 Å². The van der Waals surface area contributed by atoms with Gasteiger partial charge in [-0.1, -0.05) is 6.07 Å². The van der Waals surface area contributed by atoms with Crippen LogP contribution in [0.3, 0.4) is 0 Å². The van der Waals surface area contributed by atoms with E-state index < -0.39 is 5.82 Å². The summed E-state index contributed by atoms with van der Waals surface area (Å²) in [5, 5.41) is 2.67. The molecular formula is C18H20FNO4. The van der Waals surface area contributed by atoms with Gasteiger partial charge in [-0.25, -0.2) is 4.39 Å². The SMILES string of the molecule is COc1cc(CCC(=O)Nc2cccc(F)c2)cc(OC)c1OC. The van der Waals surface area contributed by atoms with Crippen LogP contribution < -0.4 is 19.5 Å². The van der Waals surface area contributed by atoms with Crippen LogP contribution in [0.1, 0.15) is 12.0 Å². The molecule has 1 amide bonds. The fourth-order valence-corrected chi connectivity index (χ4v) is 2.33. The van der Waals surface area contributed by atoms with Gasteiger partial charge in [-0.05, 0) is 42.3 Å². The Labute approximate surface area is 140 Å². The second-order valence-electron chi connectivity index (χ2n) is 5.09. The molecule has 0 unspecified atom stereocenters. The first-order valence-electron chi connectivity index (χ1n) is 7.41. The molecule has 6 heteroatoms. The molecule has 5 nitrogen and oxygen atoms in total. The molecule has 0 radical (unpaired) electrons. The standard InChI is InChI=1S/C18H20FNO4/c1-22-15-9-12(10-16(23-2)18(15)24-3)7-8-17(21)20-14-6-4-5-13(19)11-14/h4-6,9-11H,7-8H2,1-3H3,(H,20,21). The number of halogens is 1. The highest BCUT2D eigenvalue weighted by Gasteiger charge is 2.14. The normalized spacial score (nSPS) is 10.2. The van der Waals surface area contributed by atoms with Crippen LogP contribution in [0.15, 0.2) is 36.4 Å². The van der Waals surface area contributed by atoms with Crippen molar-refractivity contribution < 1.29 is 23.4 Å². The summed E-state index contributed by atoms with van der Waals surface area (Å²) in [6.07, 6.45) is 0.729. The lowest BCUT2D eigenvalue weighted by atomic mass is 10.1. The first kappa shape index (κ1) is 17.6. The van der Waals surface area contributed by atoms with E-state index in [4.69, 9.17) is 14.2 Å². The lowest BCUT2D eigenvalue weighted by Crippen LogP contribution is -2.12. The number of carbonyl (C=O) groups excluding carboxylic acids is 1. The molecule has 2 aromatic carbocycles. The van der Waals surface area contributed by atoms with Gasteiger partial charge in [0.05, 0.1) is 21.3 Å². The summed E-state index contributed by atoms with van der Waals surface area (Å²) in [7, 11) is 4.61. The zero-order chi connectivity index (χ0) is 17.5. The Morgan fingerprint density at radius 2 is 1.71 bits per heavy atom.